The van der Waals surface area contributed by atoms with Crippen molar-refractivity contribution < 1.29 is 4.39 Å². The molecule has 0 bridgehead atoms. The molecule has 0 spiro atoms. The van der Waals surface area contributed by atoms with Crippen LogP contribution in [0.2, 0.25) is 0 Å². The molecule has 0 unspecified atom stereocenters. The number of halogens is 1. The molecule has 2 rings (SSSR count). The number of benzene rings is 1. The van der Waals surface area contributed by atoms with Crippen molar-refractivity contribution in [1.29, 1.82) is 0 Å². The van der Waals surface area contributed by atoms with Crippen LogP contribution in [0, 0.1) is 11.7 Å². The van der Waals surface area contributed by atoms with Crippen molar-refractivity contribution in [2.75, 3.05) is 0 Å². The van der Waals surface area contributed by atoms with E-state index in [4.69, 9.17) is 0 Å². The van der Waals surface area contributed by atoms with Crippen molar-refractivity contribution in [3.05, 3.63) is 35.6 Å². The van der Waals surface area contributed by atoms with Gasteiger partial charge in [0.1, 0.15) is 5.82 Å². The molecule has 0 atom stereocenters. The van der Waals surface area contributed by atoms with Crippen molar-refractivity contribution in [2.45, 2.75) is 64.2 Å². The van der Waals surface area contributed by atoms with Crippen LogP contribution in [-0.2, 0) is 0 Å². The number of hydrogen-bond donors (Lipinski definition) is 0. The molecule has 0 aliphatic heterocycles. The molecule has 0 radical (unpaired) electrons. The third kappa shape index (κ3) is 3.83. The van der Waals surface area contributed by atoms with Crippen molar-refractivity contribution in [1.82, 2.24) is 0 Å². The Morgan fingerprint density at radius 2 is 1.89 bits per heavy atom. The van der Waals surface area contributed by atoms with E-state index in [-0.39, 0.29) is 5.82 Å². The molecule has 18 heavy (non-hydrogen) atoms. The van der Waals surface area contributed by atoms with Gasteiger partial charge in [-0.1, -0.05) is 44.7 Å². The van der Waals surface area contributed by atoms with E-state index in [0.29, 0.717) is 5.92 Å². The molecule has 1 aromatic carbocycles. The monoisotopic (exact) mass is 248 g/mol. The van der Waals surface area contributed by atoms with Crippen molar-refractivity contribution >= 4 is 0 Å². The smallest absolute Gasteiger partial charge is 0.123 e. The van der Waals surface area contributed by atoms with E-state index in [9.17, 15) is 4.39 Å². The lowest BCUT2D eigenvalue weighted by Gasteiger charge is -2.28. The van der Waals surface area contributed by atoms with E-state index in [1.807, 2.05) is 6.07 Å². The van der Waals surface area contributed by atoms with Crippen LogP contribution < -0.4 is 0 Å². The molecule has 1 aliphatic rings. The molecule has 1 heteroatoms. The molecular formula is C17H25F. The Morgan fingerprint density at radius 3 is 2.56 bits per heavy atom. The second-order valence-corrected chi connectivity index (χ2v) is 5.77. The van der Waals surface area contributed by atoms with E-state index in [2.05, 4.69) is 13.0 Å². The zero-order valence-electron chi connectivity index (χ0n) is 11.5. The van der Waals surface area contributed by atoms with Gasteiger partial charge in [-0.15, -0.1) is 0 Å². The van der Waals surface area contributed by atoms with E-state index in [0.717, 1.165) is 5.92 Å². The zero-order chi connectivity index (χ0) is 12.8. The molecule has 1 fully saturated rings. The van der Waals surface area contributed by atoms with Crippen LogP contribution in [0.1, 0.15) is 69.8 Å². The highest BCUT2D eigenvalue weighted by molar-refractivity contribution is 5.21. The maximum atomic E-state index is 13.2. The molecule has 1 saturated carbocycles. The first-order chi connectivity index (χ1) is 8.79. The SMILES string of the molecule is CCCCC[C@H]1CC[C@H](c2cccc(F)c2)CC1. The van der Waals surface area contributed by atoms with Gasteiger partial charge in [0.15, 0.2) is 0 Å². The number of unbranched alkanes of at least 4 members (excludes halogenated alkanes) is 2. The predicted molar refractivity (Wildman–Crippen MR) is 75.2 cm³/mol. The fourth-order valence-corrected chi connectivity index (χ4v) is 3.23. The highest BCUT2D eigenvalue weighted by Gasteiger charge is 2.22. The second kappa shape index (κ2) is 6.92. The standard InChI is InChI=1S/C17H25F/c1-2-3-4-6-14-9-11-15(12-10-14)16-7-5-8-17(18)13-16/h5,7-8,13-15H,2-4,6,9-12H2,1H3/t14-,15-. The lowest BCUT2D eigenvalue weighted by Crippen LogP contribution is -2.13. The van der Waals surface area contributed by atoms with Gasteiger partial charge in [0.2, 0.25) is 0 Å². The Balaban J connectivity index is 1.79. The van der Waals surface area contributed by atoms with Crippen LogP contribution in [-0.4, -0.2) is 0 Å². The Morgan fingerprint density at radius 1 is 1.11 bits per heavy atom. The molecule has 0 saturated heterocycles. The second-order valence-electron chi connectivity index (χ2n) is 5.77. The predicted octanol–water partition coefficient (Wildman–Crippen LogP) is 5.68. The summed E-state index contributed by atoms with van der Waals surface area (Å²) in [5.41, 5.74) is 1.21. The zero-order valence-corrected chi connectivity index (χ0v) is 11.5. The summed E-state index contributed by atoms with van der Waals surface area (Å²) in [6.45, 7) is 2.26. The minimum Gasteiger partial charge on any atom is -0.207 e. The fraction of sp³-hybridized carbons (Fsp3) is 0.647. The third-order valence-corrected chi connectivity index (χ3v) is 4.38. The summed E-state index contributed by atoms with van der Waals surface area (Å²) in [6.07, 6.45) is 10.7. The maximum absolute atomic E-state index is 13.2. The summed E-state index contributed by atoms with van der Waals surface area (Å²) in [5.74, 6) is 1.45. The first-order valence-electron chi connectivity index (χ1n) is 7.55. The molecular weight excluding hydrogens is 223 g/mol. The largest absolute Gasteiger partial charge is 0.207 e. The lowest BCUT2D eigenvalue weighted by molar-refractivity contribution is 0.302. The summed E-state index contributed by atoms with van der Waals surface area (Å²) in [7, 11) is 0. The van der Waals surface area contributed by atoms with Crippen molar-refractivity contribution in [3.8, 4) is 0 Å². The summed E-state index contributed by atoms with van der Waals surface area (Å²) < 4.78 is 13.2. The van der Waals surface area contributed by atoms with E-state index < -0.39 is 0 Å². The van der Waals surface area contributed by atoms with E-state index >= 15 is 0 Å². The fourth-order valence-electron chi connectivity index (χ4n) is 3.23. The Hall–Kier alpha value is -0.850. The van der Waals surface area contributed by atoms with Crippen molar-refractivity contribution in [3.63, 3.8) is 0 Å². The van der Waals surface area contributed by atoms with Crippen LogP contribution in [0.25, 0.3) is 0 Å². The molecule has 1 aliphatic carbocycles. The minimum absolute atomic E-state index is 0.0856. The molecule has 0 nitrogen and oxygen atoms in total. The third-order valence-electron chi connectivity index (χ3n) is 4.38. The Bertz CT molecular complexity index is 350. The van der Waals surface area contributed by atoms with Gasteiger partial charge in [-0.2, -0.15) is 0 Å². The van der Waals surface area contributed by atoms with Crippen LogP contribution in [0.4, 0.5) is 4.39 Å². The van der Waals surface area contributed by atoms with Crippen LogP contribution in [0.3, 0.4) is 0 Å². The highest BCUT2D eigenvalue weighted by Crippen LogP contribution is 2.37. The van der Waals surface area contributed by atoms with Crippen LogP contribution in [0.5, 0.6) is 0 Å². The first kappa shape index (κ1) is 13.6. The van der Waals surface area contributed by atoms with E-state index in [1.54, 1.807) is 12.1 Å². The molecule has 0 heterocycles. The quantitative estimate of drug-likeness (QED) is 0.588. The Labute approximate surface area is 111 Å². The van der Waals surface area contributed by atoms with Gasteiger partial charge >= 0.3 is 0 Å². The average molecular weight is 248 g/mol. The van der Waals surface area contributed by atoms with Gasteiger partial charge in [0, 0.05) is 0 Å². The van der Waals surface area contributed by atoms with Crippen molar-refractivity contribution in [2.24, 2.45) is 5.92 Å². The summed E-state index contributed by atoms with van der Waals surface area (Å²) >= 11 is 0. The molecule has 100 valence electrons. The van der Waals surface area contributed by atoms with Crippen LogP contribution >= 0.6 is 0 Å². The van der Waals surface area contributed by atoms with Gasteiger partial charge in [-0.25, -0.2) is 4.39 Å². The van der Waals surface area contributed by atoms with Gasteiger partial charge in [-0.3, -0.25) is 0 Å². The molecule has 1 aromatic rings. The Kier molecular flexibility index (Phi) is 5.22. The average Bonchev–Trinajstić information content (AvgIpc) is 2.40. The van der Waals surface area contributed by atoms with Gasteiger partial charge in [0.25, 0.3) is 0 Å². The summed E-state index contributed by atoms with van der Waals surface area (Å²) in [6, 6.07) is 7.20. The van der Waals surface area contributed by atoms with Gasteiger partial charge in [-0.05, 0) is 55.2 Å². The lowest BCUT2D eigenvalue weighted by atomic mass is 9.77. The molecule has 0 amide bonds. The first-order valence-corrected chi connectivity index (χ1v) is 7.55. The van der Waals surface area contributed by atoms with Gasteiger partial charge < -0.3 is 0 Å². The normalized spacial score (nSPS) is 24.1. The number of rotatable bonds is 5. The molecule has 0 N–H and O–H groups in total. The van der Waals surface area contributed by atoms with Crippen LogP contribution in [0.15, 0.2) is 24.3 Å². The summed E-state index contributed by atoms with van der Waals surface area (Å²) in [4.78, 5) is 0. The minimum atomic E-state index is -0.0856. The number of hydrogen-bond acceptors (Lipinski definition) is 0. The van der Waals surface area contributed by atoms with E-state index in [1.165, 1.54) is 56.9 Å². The highest BCUT2D eigenvalue weighted by atomic mass is 19.1. The topological polar surface area (TPSA) is 0 Å². The van der Waals surface area contributed by atoms with Gasteiger partial charge in [0.05, 0.1) is 0 Å². The molecule has 0 aromatic heterocycles. The maximum Gasteiger partial charge on any atom is 0.123 e. The summed E-state index contributed by atoms with van der Waals surface area (Å²) in [5, 5.41) is 0.